The second-order valence-electron chi connectivity index (χ2n) is 5.42. The van der Waals surface area contributed by atoms with Crippen LogP contribution in [-0.2, 0) is 0 Å². The van der Waals surface area contributed by atoms with Gasteiger partial charge in [-0.05, 0) is 49.9 Å². The number of hydrogen-bond donors (Lipinski definition) is 0. The van der Waals surface area contributed by atoms with E-state index in [9.17, 15) is 0 Å². The van der Waals surface area contributed by atoms with Gasteiger partial charge in [0.05, 0.1) is 0 Å². The summed E-state index contributed by atoms with van der Waals surface area (Å²) in [5.74, 6) is 3.28. The van der Waals surface area contributed by atoms with Gasteiger partial charge in [-0.3, -0.25) is 0 Å². The van der Waals surface area contributed by atoms with E-state index in [0.717, 1.165) is 17.8 Å². The van der Waals surface area contributed by atoms with E-state index in [-0.39, 0.29) is 0 Å². The van der Waals surface area contributed by atoms with Crippen molar-refractivity contribution in [2.75, 3.05) is 0 Å². The molecule has 2 aliphatic carbocycles. The fourth-order valence-electron chi connectivity index (χ4n) is 3.24. The van der Waals surface area contributed by atoms with Crippen LogP contribution in [0.1, 0.15) is 40.0 Å². The van der Waals surface area contributed by atoms with Crippen molar-refractivity contribution in [2.45, 2.75) is 40.0 Å². The van der Waals surface area contributed by atoms with E-state index in [0.29, 0.717) is 5.92 Å². The summed E-state index contributed by atoms with van der Waals surface area (Å²) in [7, 11) is 0. The van der Waals surface area contributed by atoms with Gasteiger partial charge >= 0.3 is 0 Å². The van der Waals surface area contributed by atoms with Crippen molar-refractivity contribution in [2.24, 2.45) is 23.7 Å². The Morgan fingerprint density at radius 1 is 1.36 bits per heavy atom. The van der Waals surface area contributed by atoms with Crippen LogP contribution in [0.5, 0.6) is 0 Å². The molecule has 2 rings (SSSR count). The first-order valence-corrected chi connectivity index (χ1v) is 5.96. The molecule has 0 aliphatic heterocycles. The van der Waals surface area contributed by atoms with Gasteiger partial charge in [-0.2, -0.15) is 0 Å². The van der Waals surface area contributed by atoms with E-state index < -0.39 is 0 Å². The summed E-state index contributed by atoms with van der Waals surface area (Å²) in [5.41, 5.74) is 3.10. The first kappa shape index (κ1) is 10.0. The zero-order valence-corrected chi connectivity index (χ0v) is 9.72. The highest BCUT2D eigenvalue weighted by atomic mass is 14.4. The monoisotopic (exact) mass is 190 g/mol. The van der Waals surface area contributed by atoms with Crippen molar-refractivity contribution in [3.05, 3.63) is 23.8 Å². The molecule has 0 spiro atoms. The summed E-state index contributed by atoms with van der Waals surface area (Å²) in [6, 6.07) is 0. The molecule has 14 heavy (non-hydrogen) atoms. The number of rotatable bonds is 1. The minimum absolute atomic E-state index is 0.664. The van der Waals surface area contributed by atoms with Crippen molar-refractivity contribution < 1.29 is 0 Å². The zero-order chi connectivity index (χ0) is 10.3. The smallest absolute Gasteiger partial charge is 0.00231 e. The SMILES string of the molecule is C=C(C)C1C=C2C(C)CCC2C(C)C1. The molecule has 4 unspecified atom stereocenters. The zero-order valence-electron chi connectivity index (χ0n) is 9.72. The lowest BCUT2D eigenvalue weighted by molar-refractivity contribution is 0.340. The number of hydrogen-bond acceptors (Lipinski definition) is 0. The lowest BCUT2D eigenvalue weighted by Crippen LogP contribution is -2.21. The van der Waals surface area contributed by atoms with Crippen LogP contribution in [0, 0.1) is 23.7 Å². The van der Waals surface area contributed by atoms with Crippen molar-refractivity contribution in [1.82, 2.24) is 0 Å². The molecule has 0 heteroatoms. The first-order valence-electron chi connectivity index (χ1n) is 5.96. The first-order chi connectivity index (χ1) is 6.59. The Labute approximate surface area is 88.1 Å². The maximum absolute atomic E-state index is 4.11. The van der Waals surface area contributed by atoms with Crippen LogP contribution in [0.15, 0.2) is 23.8 Å². The Kier molecular flexibility index (Phi) is 2.55. The highest BCUT2D eigenvalue weighted by Gasteiger charge is 2.35. The molecule has 78 valence electrons. The largest absolute Gasteiger partial charge is 0.0995 e. The minimum atomic E-state index is 0.664. The van der Waals surface area contributed by atoms with E-state index >= 15 is 0 Å². The molecule has 0 aromatic heterocycles. The van der Waals surface area contributed by atoms with Gasteiger partial charge in [0, 0.05) is 0 Å². The van der Waals surface area contributed by atoms with Crippen LogP contribution in [0.2, 0.25) is 0 Å². The third-order valence-corrected chi connectivity index (χ3v) is 4.25. The van der Waals surface area contributed by atoms with Crippen molar-refractivity contribution >= 4 is 0 Å². The minimum Gasteiger partial charge on any atom is -0.0995 e. The summed E-state index contributed by atoms with van der Waals surface area (Å²) in [5, 5.41) is 0. The topological polar surface area (TPSA) is 0 Å². The normalized spacial score (nSPS) is 41.8. The van der Waals surface area contributed by atoms with Gasteiger partial charge in [0.2, 0.25) is 0 Å². The standard InChI is InChI=1S/C14H22/c1-9(2)12-7-11(4)13-6-5-10(3)14(13)8-12/h8,10-13H,1,5-7H2,2-4H3. The van der Waals surface area contributed by atoms with Gasteiger partial charge in [0.1, 0.15) is 0 Å². The summed E-state index contributed by atoms with van der Waals surface area (Å²) < 4.78 is 0. The summed E-state index contributed by atoms with van der Waals surface area (Å²) in [6.45, 7) is 11.1. The number of fused-ring (bicyclic) bond motifs is 1. The molecule has 0 saturated heterocycles. The lowest BCUT2D eigenvalue weighted by Gasteiger charge is -2.32. The molecular weight excluding hydrogens is 168 g/mol. The van der Waals surface area contributed by atoms with Crippen molar-refractivity contribution in [1.29, 1.82) is 0 Å². The van der Waals surface area contributed by atoms with Crippen molar-refractivity contribution in [3.8, 4) is 0 Å². The van der Waals surface area contributed by atoms with Gasteiger partial charge in [-0.25, -0.2) is 0 Å². The maximum atomic E-state index is 4.11. The van der Waals surface area contributed by atoms with E-state index in [4.69, 9.17) is 0 Å². The van der Waals surface area contributed by atoms with Crippen LogP contribution in [0.25, 0.3) is 0 Å². The third-order valence-electron chi connectivity index (χ3n) is 4.25. The van der Waals surface area contributed by atoms with Gasteiger partial charge in [-0.1, -0.05) is 37.6 Å². The molecular formula is C14H22. The average Bonchev–Trinajstić information content (AvgIpc) is 2.48. The Morgan fingerprint density at radius 2 is 2.07 bits per heavy atom. The highest BCUT2D eigenvalue weighted by Crippen LogP contribution is 2.47. The Bertz CT molecular complexity index is 272. The average molecular weight is 190 g/mol. The molecule has 0 aromatic carbocycles. The molecule has 1 saturated carbocycles. The van der Waals surface area contributed by atoms with Crippen LogP contribution in [-0.4, -0.2) is 0 Å². The fraction of sp³-hybridized carbons (Fsp3) is 0.714. The van der Waals surface area contributed by atoms with E-state index in [1.165, 1.54) is 24.8 Å². The maximum Gasteiger partial charge on any atom is -0.00231 e. The molecule has 0 nitrogen and oxygen atoms in total. The number of allylic oxidation sites excluding steroid dienone is 3. The molecule has 0 heterocycles. The molecule has 0 radical (unpaired) electrons. The van der Waals surface area contributed by atoms with Crippen LogP contribution >= 0.6 is 0 Å². The molecule has 1 fully saturated rings. The van der Waals surface area contributed by atoms with Crippen LogP contribution < -0.4 is 0 Å². The second-order valence-corrected chi connectivity index (χ2v) is 5.42. The highest BCUT2D eigenvalue weighted by molar-refractivity contribution is 5.24. The molecule has 0 amide bonds. The second kappa shape index (κ2) is 3.56. The lowest BCUT2D eigenvalue weighted by atomic mass is 9.73. The summed E-state index contributed by atoms with van der Waals surface area (Å²) >= 11 is 0. The predicted octanol–water partition coefficient (Wildman–Crippen LogP) is 4.19. The fourth-order valence-corrected chi connectivity index (χ4v) is 3.24. The third kappa shape index (κ3) is 1.55. The molecule has 2 aliphatic rings. The van der Waals surface area contributed by atoms with Gasteiger partial charge in [0.15, 0.2) is 0 Å². The van der Waals surface area contributed by atoms with Gasteiger partial charge in [-0.15, -0.1) is 0 Å². The van der Waals surface area contributed by atoms with Crippen molar-refractivity contribution in [3.63, 3.8) is 0 Å². The quantitative estimate of drug-likeness (QED) is 0.544. The molecule has 4 atom stereocenters. The Morgan fingerprint density at radius 3 is 2.71 bits per heavy atom. The summed E-state index contributed by atoms with van der Waals surface area (Å²) in [6.07, 6.45) is 6.70. The summed E-state index contributed by atoms with van der Waals surface area (Å²) in [4.78, 5) is 0. The van der Waals surface area contributed by atoms with Gasteiger partial charge < -0.3 is 0 Å². The van der Waals surface area contributed by atoms with Crippen LogP contribution in [0.4, 0.5) is 0 Å². The molecule has 0 N–H and O–H groups in total. The van der Waals surface area contributed by atoms with Crippen LogP contribution in [0.3, 0.4) is 0 Å². The predicted molar refractivity (Wildman–Crippen MR) is 62.1 cm³/mol. The Balaban J connectivity index is 2.26. The van der Waals surface area contributed by atoms with Gasteiger partial charge in [0.25, 0.3) is 0 Å². The molecule has 0 aromatic rings. The van der Waals surface area contributed by atoms with E-state index in [2.05, 4.69) is 33.4 Å². The Hall–Kier alpha value is -0.520. The van der Waals surface area contributed by atoms with E-state index in [1.54, 1.807) is 5.57 Å². The molecule has 0 bridgehead atoms. The van der Waals surface area contributed by atoms with E-state index in [1.807, 2.05) is 0 Å².